The van der Waals surface area contributed by atoms with Gasteiger partial charge in [-0.05, 0) is 37.3 Å². The fourth-order valence-corrected chi connectivity index (χ4v) is 4.51. The van der Waals surface area contributed by atoms with Crippen molar-refractivity contribution in [2.24, 2.45) is 5.92 Å². The van der Waals surface area contributed by atoms with Gasteiger partial charge < -0.3 is 14.3 Å². The van der Waals surface area contributed by atoms with Crippen molar-refractivity contribution in [3.05, 3.63) is 51.3 Å². The molecule has 0 bridgehead atoms. The van der Waals surface area contributed by atoms with E-state index < -0.39 is 11.2 Å². The first kappa shape index (κ1) is 22.1. The summed E-state index contributed by atoms with van der Waals surface area (Å²) in [6, 6.07) is 3.68. The van der Waals surface area contributed by atoms with E-state index in [1.54, 1.807) is 23.2 Å². The molecule has 0 radical (unpaired) electrons. The predicted octanol–water partition coefficient (Wildman–Crippen LogP) is 2.50. The fourth-order valence-electron chi connectivity index (χ4n) is 4.51. The fraction of sp³-hybridized carbons (Fsp3) is 0.565. The summed E-state index contributed by atoms with van der Waals surface area (Å²) < 4.78 is 9.64. The molecule has 1 amide bonds. The van der Waals surface area contributed by atoms with Crippen LogP contribution in [0.2, 0.25) is 0 Å². The van der Waals surface area contributed by atoms with Crippen LogP contribution in [-0.2, 0) is 24.4 Å². The van der Waals surface area contributed by atoms with Gasteiger partial charge in [0.15, 0.2) is 11.2 Å². The molecule has 4 rings (SSSR count). The Morgan fingerprint density at radius 1 is 1.25 bits per heavy atom. The van der Waals surface area contributed by atoms with E-state index in [1.807, 2.05) is 13.0 Å². The van der Waals surface area contributed by atoms with Crippen LogP contribution < -0.4 is 16.6 Å². The molecule has 3 heterocycles. The normalized spacial score (nSPS) is 18.8. The summed E-state index contributed by atoms with van der Waals surface area (Å²) in [7, 11) is 0. The monoisotopic (exact) mass is 441 g/mol. The van der Waals surface area contributed by atoms with Crippen molar-refractivity contribution < 1.29 is 9.21 Å². The highest BCUT2D eigenvalue weighted by Crippen LogP contribution is 2.23. The summed E-state index contributed by atoms with van der Waals surface area (Å²) in [6.07, 6.45) is 9.03. The number of imidazole rings is 1. The van der Waals surface area contributed by atoms with Crippen LogP contribution in [0.25, 0.3) is 11.2 Å². The van der Waals surface area contributed by atoms with Gasteiger partial charge in [-0.2, -0.15) is 0 Å². The highest BCUT2D eigenvalue weighted by atomic mass is 16.3. The van der Waals surface area contributed by atoms with Gasteiger partial charge in [-0.3, -0.25) is 14.2 Å². The lowest BCUT2D eigenvalue weighted by atomic mass is 9.86. The van der Waals surface area contributed by atoms with Crippen LogP contribution in [-0.4, -0.2) is 30.6 Å². The number of carbonyl (C=O) groups excluding carboxylic acids is 1. The molecule has 9 heteroatoms. The molecule has 172 valence electrons. The molecule has 3 aromatic heterocycles. The van der Waals surface area contributed by atoms with Crippen molar-refractivity contribution in [2.75, 3.05) is 0 Å². The Balaban J connectivity index is 1.71. The second-order valence-electron chi connectivity index (χ2n) is 8.74. The number of unbranched alkanes of at least 4 members (excludes halogenated alkanes) is 1. The lowest BCUT2D eigenvalue weighted by molar-refractivity contribution is -0.123. The molecule has 1 saturated carbocycles. The molecular formula is C23H31N5O4. The first-order chi connectivity index (χ1) is 15.5. The zero-order chi connectivity index (χ0) is 22.7. The quantitative estimate of drug-likeness (QED) is 0.578. The molecule has 1 N–H and O–H groups in total. The minimum absolute atomic E-state index is 0.0856. The number of carbonyl (C=O) groups is 1. The van der Waals surface area contributed by atoms with Gasteiger partial charge in [0.25, 0.3) is 5.56 Å². The number of hydrogen-bond donors (Lipinski definition) is 1. The Bertz CT molecular complexity index is 1190. The summed E-state index contributed by atoms with van der Waals surface area (Å²) in [6.45, 7) is 4.62. The molecule has 1 aliphatic rings. The Kier molecular flexibility index (Phi) is 6.62. The zero-order valence-electron chi connectivity index (χ0n) is 18.7. The average molecular weight is 442 g/mol. The summed E-state index contributed by atoms with van der Waals surface area (Å²) in [5.74, 6) is 0.759. The van der Waals surface area contributed by atoms with Crippen molar-refractivity contribution in [3.8, 4) is 0 Å². The van der Waals surface area contributed by atoms with E-state index in [1.165, 1.54) is 11.0 Å². The first-order valence-electron chi connectivity index (χ1n) is 11.5. The summed E-state index contributed by atoms with van der Waals surface area (Å²) in [4.78, 5) is 43.7. The van der Waals surface area contributed by atoms with Crippen LogP contribution in [0.4, 0.5) is 0 Å². The van der Waals surface area contributed by atoms with Gasteiger partial charge in [-0.15, -0.1) is 0 Å². The van der Waals surface area contributed by atoms with Crippen LogP contribution in [0.3, 0.4) is 0 Å². The van der Waals surface area contributed by atoms with Gasteiger partial charge in [0.05, 0.1) is 19.1 Å². The Hall–Kier alpha value is -3.10. The molecule has 1 aliphatic carbocycles. The molecular weight excluding hydrogens is 410 g/mol. The van der Waals surface area contributed by atoms with Gasteiger partial charge in [-0.25, -0.2) is 14.3 Å². The number of hydrogen-bond acceptors (Lipinski definition) is 5. The maximum absolute atomic E-state index is 13.4. The van der Waals surface area contributed by atoms with E-state index in [0.717, 1.165) is 36.7 Å². The molecule has 0 aliphatic heterocycles. The lowest BCUT2D eigenvalue weighted by Gasteiger charge is -2.29. The van der Waals surface area contributed by atoms with Crippen molar-refractivity contribution in [1.29, 1.82) is 0 Å². The Morgan fingerprint density at radius 2 is 2.06 bits per heavy atom. The lowest BCUT2D eigenvalue weighted by Crippen LogP contribution is -2.47. The smallest absolute Gasteiger partial charge is 0.333 e. The summed E-state index contributed by atoms with van der Waals surface area (Å²) in [5, 5.41) is 3.04. The van der Waals surface area contributed by atoms with Gasteiger partial charge >= 0.3 is 5.69 Å². The Morgan fingerprint density at radius 3 is 2.78 bits per heavy atom. The van der Waals surface area contributed by atoms with Crippen molar-refractivity contribution in [2.45, 2.75) is 78.0 Å². The molecule has 2 atom stereocenters. The number of amides is 1. The van der Waals surface area contributed by atoms with Crippen LogP contribution in [0.15, 0.2) is 38.7 Å². The van der Waals surface area contributed by atoms with Gasteiger partial charge in [0.2, 0.25) is 5.91 Å². The zero-order valence-corrected chi connectivity index (χ0v) is 18.7. The van der Waals surface area contributed by atoms with Crippen LogP contribution in [0.1, 0.15) is 58.1 Å². The predicted molar refractivity (Wildman–Crippen MR) is 121 cm³/mol. The molecule has 1 fully saturated rings. The van der Waals surface area contributed by atoms with E-state index in [4.69, 9.17) is 4.42 Å². The van der Waals surface area contributed by atoms with Gasteiger partial charge in [0.1, 0.15) is 12.3 Å². The highest BCUT2D eigenvalue weighted by molar-refractivity contribution is 5.77. The number of furan rings is 1. The molecule has 0 aromatic carbocycles. The number of nitrogens with zero attached hydrogens (tertiary/aromatic N) is 4. The number of fused-ring (bicyclic) bond motifs is 1. The number of nitrogens with one attached hydrogen (secondary N) is 1. The second-order valence-corrected chi connectivity index (χ2v) is 8.74. The number of rotatable bonds is 8. The van der Waals surface area contributed by atoms with E-state index >= 15 is 0 Å². The molecule has 0 saturated heterocycles. The minimum Gasteiger partial charge on any atom is -0.467 e. The molecule has 0 unspecified atom stereocenters. The van der Waals surface area contributed by atoms with E-state index in [9.17, 15) is 14.4 Å². The summed E-state index contributed by atoms with van der Waals surface area (Å²) in [5.41, 5.74) is -0.354. The van der Waals surface area contributed by atoms with Gasteiger partial charge in [-0.1, -0.05) is 33.1 Å². The van der Waals surface area contributed by atoms with E-state index in [-0.39, 0.29) is 18.5 Å². The molecule has 3 aromatic rings. The van der Waals surface area contributed by atoms with Crippen LogP contribution in [0.5, 0.6) is 0 Å². The average Bonchev–Trinajstić information content (AvgIpc) is 3.43. The largest absolute Gasteiger partial charge is 0.467 e. The van der Waals surface area contributed by atoms with Crippen molar-refractivity contribution in [1.82, 2.24) is 24.0 Å². The third-order valence-electron chi connectivity index (χ3n) is 6.38. The third-order valence-corrected chi connectivity index (χ3v) is 6.38. The second kappa shape index (κ2) is 9.58. The summed E-state index contributed by atoms with van der Waals surface area (Å²) >= 11 is 0. The molecule has 9 nitrogen and oxygen atoms in total. The minimum atomic E-state index is -0.506. The van der Waals surface area contributed by atoms with E-state index in [0.29, 0.717) is 35.9 Å². The third kappa shape index (κ3) is 4.42. The number of aromatic nitrogens is 4. The topological polar surface area (TPSA) is 104 Å². The number of aryl methyl sites for hydroxylation is 1. The van der Waals surface area contributed by atoms with Crippen molar-refractivity contribution in [3.63, 3.8) is 0 Å². The Labute approximate surface area is 186 Å². The first-order valence-corrected chi connectivity index (χ1v) is 11.5. The SMILES string of the molecule is CCCCn1c(=O)n(CC(=O)N[C@H]2CCCC[C@@H]2C)c(=O)c2c1ncn2Cc1ccco1. The van der Waals surface area contributed by atoms with Crippen molar-refractivity contribution >= 4 is 17.1 Å². The highest BCUT2D eigenvalue weighted by Gasteiger charge is 2.24. The van der Waals surface area contributed by atoms with Gasteiger partial charge in [0, 0.05) is 12.6 Å². The van der Waals surface area contributed by atoms with E-state index in [2.05, 4.69) is 17.2 Å². The maximum atomic E-state index is 13.4. The molecule has 0 spiro atoms. The molecule has 32 heavy (non-hydrogen) atoms. The maximum Gasteiger partial charge on any atom is 0.333 e. The standard InChI is InChI=1S/C23H31N5O4/c1-3-4-11-27-21-20(26(15-24-21)13-17-9-7-12-32-17)22(30)28(23(27)31)14-19(29)25-18-10-6-5-8-16(18)2/h7,9,12,15-16,18H,3-6,8,10-11,13-14H2,1-2H3,(H,25,29)/t16-,18-/m0/s1. The van der Waals surface area contributed by atoms with Crippen LogP contribution >= 0.6 is 0 Å². The van der Waals surface area contributed by atoms with Crippen LogP contribution in [0, 0.1) is 5.92 Å².